The minimum absolute atomic E-state index is 0.0882. The number of rotatable bonds is 12. The van der Waals surface area contributed by atoms with Gasteiger partial charge in [-0.25, -0.2) is 0 Å². The molecule has 1 aromatic carbocycles. The Morgan fingerprint density at radius 1 is 1.07 bits per heavy atom. The summed E-state index contributed by atoms with van der Waals surface area (Å²) in [7, 11) is 3.17. The van der Waals surface area contributed by atoms with Gasteiger partial charge in [0, 0.05) is 13.5 Å². The molecule has 0 aliphatic rings. The molecule has 4 atom stereocenters. The van der Waals surface area contributed by atoms with Crippen LogP contribution in [0.1, 0.15) is 32.3 Å². The van der Waals surface area contributed by atoms with E-state index in [4.69, 9.17) is 0 Å². The van der Waals surface area contributed by atoms with Gasteiger partial charge in [0.15, 0.2) is 5.78 Å². The van der Waals surface area contributed by atoms with E-state index in [-0.39, 0.29) is 29.9 Å². The zero-order valence-corrected chi connectivity index (χ0v) is 17.2. The minimum Gasteiger partial charge on any atom is -0.396 e. The first-order valence-corrected chi connectivity index (χ1v) is 9.74. The first-order valence-electron chi connectivity index (χ1n) is 9.74. The van der Waals surface area contributed by atoms with Gasteiger partial charge in [-0.15, -0.1) is 0 Å². The third-order valence-corrected chi connectivity index (χ3v) is 5.09. The molecule has 1 aromatic rings. The molecule has 0 aromatic heterocycles. The summed E-state index contributed by atoms with van der Waals surface area (Å²) in [6.45, 7) is 3.42. The van der Waals surface area contributed by atoms with Crippen molar-refractivity contribution in [2.75, 3.05) is 20.7 Å². The number of carbonyl (C=O) groups is 3. The van der Waals surface area contributed by atoms with Crippen LogP contribution in [0.2, 0.25) is 0 Å². The number of nitrogens with one attached hydrogen (secondary N) is 3. The van der Waals surface area contributed by atoms with Crippen LogP contribution in [0, 0.1) is 11.8 Å². The number of aliphatic hydroxyl groups is 1. The van der Waals surface area contributed by atoms with Crippen molar-refractivity contribution in [2.24, 2.45) is 11.8 Å². The van der Waals surface area contributed by atoms with Crippen LogP contribution in [0.3, 0.4) is 0 Å². The lowest BCUT2D eigenvalue weighted by molar-refractivity contribution is -0.133. The molecule has 0 bridgehead atoms. The number of amides is 2. The predicted octanol–water partition coefficient (Wildman–Crippen LogP) is 0.662. The number of benzene rings is 1. The fraction of sp³-hybridized carbons (Fsp3) is 0.571. The molecule has 7 nitrogen and oxygen atoms in total. The van der Waals surface area contributed by atoms with Crippen molar-refractivity contribution in [1.29, 1.82) is 0 Å². The van der Waals surface area contributed by atoms with Gasteiger partial charge in [-0.05, 0) is 24.9 Å². The van der Waals surface area contributed by atoms with Crippen LogP contribution >= 0.6 is 0 Å². The minimum atomic E-state index is -0.814. The summed E-state index contributed by atoms with van der Waals surface area (Å²) >= 11 is 0. The van der Waals surface area contributed by atoms with E-state index in [0.29, 0.717) is 12.8 Å². The molecule has 7 heteroatoms. The molecule has 0 radical (unpaired) electrons. The maximum atomic E-state index is 12.8. The molecular weight excluding hydrogens is 358 g/mol. The summed E-state index contributed by atoms with van der Waals surface area (Å²) in [6, 6.07) is 8.46. The molecule has 0 heterocycles. The zero-order chi connectivity index (χ0) is 21.1. The number of Topliss-reactive ketones (excluding diaryl/α,β-unsaturated/α-hetero) is 1. The molecule has 0 unspecified atom stereocenters. The SMILES string of the molecule is CC[C@H](C)[C@H](NC(=O)[C@@H](Cc1ccccc1)NC)C(=O)C[C@@H](CO)C(=O)NC. The van der Waals surface area contributed by atoms with E-state index < -0.39 is 24.6 Å². The molecule has 4 N–H and O–H groups in total. The predicted molar refractivity (Wildman–Crippen MR) is 109 cm³/mol. The molecule has 0 aliphatic carbocycles. The largest absolute Gasteiger partial charge is 0.396 e. The van der Waals surface area contributed by atoms with Crippen molar-refractivity contribution in [2.45, 2.75) is 45.2 Å². The Hall–Kier alpha value is -2.25. The third kappa shape index (κ3) is 7.05. The summed E-state index contributed by atoms with van der Waals surface area (Å²) in [5, 5.41) is 17.7. The van der Waals surface area contributed by atoms with Gasteiger partial charge in [0.05, 0.1) is 24.6 Å². The lowest BCUT2D eigenvalue weighted by Crippen LogP contribution is -2.53. The number of ketones is 1. The van der Waals surface area contributed by atoms with Crippen LogP contribution in [-0.4, -0.2) is 55.5 Å². The maximum Gasteiger partial charge on any atom is 0.238 e. The second-order valence-corrected chi connectivity index (χ2v) is 7.07. The van der Waals surface area contributed by atoms with Crippen molar-refractivity contribution < 1.29 is 19.5 Å². The highest BCUT2D eigenvalue weighted by Gasteiger charge is 2.31. The van der Waals surface area contributed by atoms with E-state index in [9.17, 15) is 19.5 Å². The fourth-order valence-corrected chi connectivity index (χ4v) is 3.02. The van der Waals surface area contributed by atoms with Crippen molar-refractivity contribution in [3.63, 3.8) is 0 Å². The van der Waals surface area contributed by atoms with Gasteiger partial charge in [0.2, 0.25) is 11.8 Å². The molecule has 0 saturated heterocycles. The maximum absolute atomic E-state index is 12.8. The Labute approximate surface area is 167 Å². The Morgan fingerprint density at radius 2 is 1.71 bits per heavy atom. The Bertz CT molecular complexity index is 636. The van der Waals surface area contributed by atoms with E-state index in [1.807, 2.05) is 44.2 Å². The van der Waals surface area contributed by atoms with Crippen LogP contribution in [0.4, 0.5) is 0 Å². The second kappa shape index (κ2) is 12.3. The van der Waals surface area contributed by atoms with Crippen molar-refractivity contribution in [3.8, 4) is 0 Å². The highest BCUT2D eigenvalue weighted by molar-refractivity contribution is 5.93. The summed E-state index contributed by atoms with van der Waals surface area (Å²) in [5.74, 6) is -1.80. The van der Waals surface area contributed by atoms with Crippen LogP contribution < -0.4 is 16.0 Å². The first kappa shape index (κ1) is 23.8. The van der Waals surface area contributed by atoms with Crippen molar-refractivity contribution >= 4 is 17.6 Å². The number of hydrogen-bond acceptors (Lipinski definition) is 5. The molecule has 0 fully saturated rings. The first-order chi connectivity index (χ1) is 13.4. The van der Waals surface area contributed by atoms with Crippen molar-refractivity contribution in [1.82, 2.24) is 16.0 Å². The van der Waals surface area contributed by atoms with Gasteiger partial charge in [0.1, 0.15) is 0 Å². The van der Waals surface area contributed by atoms with Gasteiger partial charge in [-0.2, -0.15) is 0 Å². The normalized spacial score (nSPS) is 15.2. The van der Waals surface area contributed by atoms with Gasteiger partial charge in [0.25, 0.3) is 0 Å². The molecular formula is C21H33N3O4. The van der Waals surface area contributed by atoms with Crippen LogP contribution in [-0.2, 0) is 20.8 Å². The average molecular weight is 392 g/mol. The van der Waals surface area contributed by atoms with E-state index in [1.54, 1.807) is 7.05 Å². The molecule has 0 aliphatic heterocycles. The van der Waals surface area contributed by atoms with E-state index in [1.165, 1.54) is 7.05 Å². The number of aliphatic hydroxyl groups excluding tert-OH is 1. The number of carbonyl (C=O) groups excluding carboxylic acids is 3. The quantitative estimate of drug-likeness (QED) is 0.419. The average Bonchev–Trinajstić information content (AvgIpc) is 2.73. The second-order valence-electron chi connectivity index (χ2n) is 7.07. The Morgan fingerprint density at radius 3 is 2.21 bits per heavy atom. The lowest BCUT2D eigenvalue weighted by atomic mass is 9.89. The molecule has 2 amide bonds. The van der Waals surface area contributed by atoms with Gasteiger partial charge >= 0.3 is 0 Å². The number of hydrogen-bond donors (Lipinski definition) is 4. The van der Waals surface area contributed by atoms with Crippen molar-refractivity contribution in [3.05, 3.63) is 35.9 Å². The zero-order valence-electron chi connectivity index (χ0n) is 17.2. The van der Waals surface area contributed by atoms with Gasteiger partial charge in [-0.1, -0.05) is 50.6 Å². The smallest absolute Gasteiger partial charge is 0.238 e. The summed E-state index contributed by atoms with van der Waals surface area (Å²) in [5.41, 5.74) is 1.02. The topological polar surface area (TPSA) is 108 Å². The summed E-state index contributed by atoms with van der Waals surface area (Å²) in [6.07, 6.45) is 1.08. The van der Waals surface area contributed by atoms with Gasteiger partial charge in [-0.3, -0.25) is 14.4 Å². The molecule has 0 saturated carbocycles. The van der Waals surface area contributed by atoms with Crippen LogP contribution in [0.5, 0.6) is 0 Å². The third-order valence-electron chi connectivity index (χ3n) is 5.09. The molecule has 28 heavy (non-hydrogen) atoms. The Kier molecular flexibility index (Phi) is 10.4. The van der Waals surface area contributed by atoms with Crippen LogP contribution in [0.25, 0.3) is 0 Å². The molecule has 1 rings (SSSR count). The van der Waals surface area contributed by atoms with E-state index in [0.717, 1.165) is 5.56 Å². The lowest BCUT2D eigenvalue weighted by Gasteiger charge is -2.27. The molecule has 0 spiro atoms. The fourth-order valence-electron chi connectivity index (χ4n) is 3.02. The van der Waals surface area contributed by atoms with E-state index in [2.05, 4.69) is 16.0 Å². The van der Waals surface area contributed by atoms with E-state index >= 15 is 0 Å². The highest BCUT2D eigenvalue weighted by atomic mass is 16.3. The standard InChI is InChI=1S/C21H33N3O4/c1-5-14(2)19(18(26)12-16(13-25)20(27)23-4)24-21(28)17(22-3)11-15-9-7-6-8-10-15/h6-10,14,16-17,19,22,25H,5,11-13H2,1-4H3,(H,23,27)(H,24,28)/t14-,16-,17+,19-/m0/s1. The number of likely N-dealkylation sites (N-methyl/N-ethyl adjacent to an activating group) is 1. The molecule has 156 valence electrons. The van der Waals surface area contributed by atoms with Crippen LogP contribution in [0.15, 0.2) is 30.3 Å². The van der Waals surface area contributed by atoms with Gasteiger partial charge < -0.3 is 21.1 Å². The summed E-state index contributed by atoms with van der Waals surface area (Å²) in [4.78, 5) is 37.4. The Balaban J connectivity index is 2.87. The highest BCUT2D eigenvalue weighted by Crippen LogP contribution is 2.15. The summed E-state index contributed by atoms with van der Waals surface area (Å²) < 4.78 is 0. The monoisotopic (exact) mass is 391 g/mol.